The minimum absolute atomic E-state index is 0.0458. The van der Waals surface area contributed by atoms with Gasteiger partial charge >= 0.3 is 0 Å². The third-order valence-corrected chi connectivity index (χ3v) is 4.41. The number of fused-ring (bicyclic) bond motifs is 1. The quantitative estimate of drug-likeness (QED) is 0.783. The second-order valence-corrected chi connectivity index (χ2v) is 5.52. The molecule has 1 fully saturated rings. The number of rotatable bonds is 0. The van der Waals surface area contributed by atoms with Crippen LogP contribution in [0.25, 0.3) is 0 Å². The molecule has 0 aromatic heterocycles. The van der Waals surface area contributed by atoms with Gasteiger partial charge in [0.15, 0.2) is 0 Å². The lowest BCUT2D eigenvalue weighted by atomic mass is 9.79. The Morgan fingerprint density at radius 2 is 2.20 bits per heavy atom. The second kappa shape index (κ2) is 3.29. The summed E-state index contributed by atoms with van der Waals surface area (Å²) in [6, 6.07) is 3.86. The highest BCUT2D eigenvalue weighted by Crippen LogP contribution is 2.45. The molecule has 0 saturated heterocycles. The fourth-order valence-corrected chi connectivity index (χ4v) is 2.62. The Labute approximate surface area is 102 Å². The molecule has 1 heterocycles. The van der Waals surface area contributed by atoms with E-state index in [0.717, 1.165) is 35.3 Å². The van der Waals surface area contributed by atoms with Crippen molar-refractivity contribution >= 4 is 33.2 Å². The van der Waals surface area contributed by atoms with Gasteiger partial charge in [-0.05, 0) is 41.3 Å². The van der Waals surface area contributed by atoms with E-state index in [1.54, 1.807) is 0 Å². The maximum atomic E-state index is 6.05. The fraction of sp³-hybridized carbons (Fsp3) is 0.455. The number of hydrogen-bond donors (Lipinski definition) is 1. The van der Waals surface area contributed by atoms with Crippen LogP contribution in [0.2, 0.25) is 5.02 Å². The molecule has 1 aromatic rings. The zero-order chi connectivity index (χ0) is 10.5. The van der Waals surface area contributed by atoms with Crippen LogP contribution in [0, 0.1) is 0 Å². The van der Waals surface area contributed by atoms with Crippen LogP contribution in [0.1, 0.15) is 19.3 Å². The van der Waals surface area contributed by atoms with Gasteiger partial charge in [0, 0.05) is 10.5 Å². The second-order valence-electron chi connectivity index (χ2n) is 4.25. The summed E-state index contributed by atoms with van der Waals surface area (Å²) in [6.07, 6.45) is 3.56. The molecular weight excluding hydrogens is 277 g/mol. The van der Waals surface area contributed by atoms with E-state index in [9.17, 15) is 0 Å². The SMILES string of the molecule is Clc1cc2c(cc1Br)NCC1(CCC1)O2. The van der Waals surface area contributed by atoms with E-state index in [-0.39, 0.29) is 5.60 Å². The van der Waals surface area contributed by atoms with Gasteiger partial charge in [-0.2, -0.15) is 0 Å². The predicted molar refractivity (Wildman–Crippen MR) is 64.9 cm³/mol. The molecule has 0 atom stereocenters. The minimum Gasteiger partial charge on any atom is -0.483 e. The molecule has 15 heavy (non-hydrogen) atoms. The molecule has 1 aromatic carbocycles. The fourth-order valence-electron chi connectivity index (χ4n) is 2.13. The van der Waals surface area contributed by atoms with Gasteiger partial charge in [-0.15, -0.1) is 0 Å². The Balaban J connectivity index is 1.98. The average molecular weight is 289 g/mol. The van der Waals surface area contributed by atoms with E-state index in [2.05, 4.69) is 21.2 Å². The molecule has 1 saturated carbocycles. The lowest BCUT2D eigenvalue weighted by Crippen LogP contribution is -2.51. The zero-order valence-electron chi connectivity index (χ0n) is 8.15. The van der Waals surface area contributed by atoms with E-state index >= 15 is 0 Å². The average Bonchev–Trinajstić information content (AvgIpc) is 2.17. The first-order valence-corrected chi connectivity index (χ1v) is 6.28. The van der Waals surface area contributed by atoms with Crippen LogP contribution in [0.4, 0.5) is 5.69 Å². The van der Waals surface area contributed by atoms with Gasteiger partial charge in [0.05, 0.1) is 17.3 Å². The van der Waals surface area contributed by atoms with Crippen molar-refractivity contribution in [3.05, 3.63) is 21.6 Å². The summed E-state index contributed by atoms with van der Waals surface area (Å²) in [4.78, 5) is 0. The molecule has 1 N–H and O–H groups in total. The van der Waals surface area contributed by atoms with Crippen molar-refractivity contribution in [1.82, 2.24) is 0 Å². The van der Waals surface area contributed by atoms with Crippen LogP contribution in [0.5, 0.6) is 5.75 Å². The molecule has 1 aliphatic heterocycles. The Kier molecular flexibility index (Phi) is 2.15. The van der Waals surface area contributed by atoms with Crippen LogP contribution in [-0.2, 0) is 0 Å². The monoisotopic (exact) mass is 287 g/mol. The lowest BCUT2D eigenvalue weighted by Gasteiger charge is -2.45. The van der Waals surface area contributed by atoms with Crippen molar-refractivity contribution < 1.29 is 4.74 Å². The van der Waals surface area contributed by atoms with Crippen molar-refractivity contribution in [2.24, 2.45) is 0 Å². The van der Waals surface area contributed by atoms with Crippen LogP contribution in [-0.4, -0.2) is 12.1 Å². The van der Waals surface area contributed by atoms with E-state index in [4.69, 9.17) is 16.3 Å². The normalized spacial score (nSPS) is 21.2. The number of ether oxygens (including phenoxy) is 1. The molecule has 80 valence electrons. The smallest absolute Gasteiger partial charge is 0.144 e. The topological polar surface area (TPSA) is 21.3 Å². The Bertz CT molecular complexity index is 417. The van der Waals surface area contributed by atoms with Crippen LogP contribution in [0.3, 0.4) is 0 Å². The summed E-state index contributed by atoms with van der Waals surface area (Å²) in [7, 11) is 0. The molecular formula is C11H11BrClNO. The maximum absolute atomic E-state index is 6.05. The molecule has 0 unspecified atom stereocenters. The summed E-state index contributed by atoms with van der Waals surface area (Å²) >= 11 is 9.45. The van der Waals surface area contributed by atoms with E-state index in [0.29, 0.717) is 5.02 Å². The molecule has 0 amide bonds. The molecule has 2 aliphatic rings. The molecule has 2 nitrogen and oxygen atoms in total. The standard InChI is InChI=1S/C11H11BrClNO/c12-7-4-9-10(5-8(7)13)15-11(6-14-9)2-1-3-11/h4-5,14H,1-3,6H2. The summed E-state index contributed by atoms with van der Waals surface area (Å²) in [5, 5.41) is 4.11. The Hall–Kier alpha value is -0.410. The molecule has 3 rings (SSSR count). The third kappa shape index (κ3) is 1.53. The van der Waals surface area contributed by atoms with E-state index in [1.165, 1.54) is 6.42 Å². The number of hydrogen-bond acceptors (Lipinski definition) is 2. The largest absolute Gasteiger partial charge is 0.483 e. The zero-order valence-corrected chi connectivity index (χ0v) is 10.5. The van der Waals surface area contributed by atoms with E-state index in [1.807, 2.05) is 12.1 Å². The number of benzene rings is 1. The van der Waals surface area contributed by atoms with Crippen LogP contribution < -0.4 is 10.1 Å². The summed E-state index contributed by atoms with van der Waals surface area (Å²) in [5.74, 6) is 0.883. The predicted octanol–water partition coefficient (Wildman–Crippen LogP) is 3.83. The van der Waals surface area contributed by atoms with Crippen LogP contribution in [0.15, 0.2) is 16.6 Å². The first-order valence-electron chi connectivity index (χ1n) is 5.11. The summed E-state index contributed by atoms with van der Waals surface area (Å²) in [6.45, 7) is 0.911. The van der Waals surface area contributed by atoms with Crippen LogP contribution >= 0.6 is 27.5 Å². The van der Waals surface area contributed by atoms with Gasteiger partial charge < -0.3 is 10.1 Å². The molecule has 1 aliphatic carbocycles. The maximum Gasteiger partial charge on any atom is 0.144 e. The number of nitrogens with one attached hydrogen (secondary N) is 1. The third-order valence-electron chi connectivity index (χ3n) is 3.21. The van der Waals surface area contributed by atoms with Gasteiger partial charge in [0.2, 0.25) is 0 Å². The van der Waals surface area contributed by atoms with Gasteiger partial charge in [0.25, 0.3) is 0 Å². The first-order chi connectivity index (χ1) is 7.19. The van der Waals surface area contributed by atoms with Crippen molar-refractivity contribution in [3.8, 4) is 5.75 Å². The van der Waals surface area contributed by atoms with Crippen molar-refractivity contribution in [2.75, 3.05) is 11.9 Å². The highest BCUT2D eigenvalue weighted by molar-refractivity contribution is 9.10. The molecule has 4 heteroatoms. The number of anilines is 1. The summed E-state index contributed by atoms with van der Waals surface area (Å²) < 4.78 is 6.93. The number of halogens is 2. The van der Waals surface area contributed by atoms with Gasteiger partial charge in [-0.25, -0.2) is 0 Å². The van der Waals surface area contributed by atoms with Gasteiger partial charge in [-0.1, -0.05) is 11.6 Å². The highest BCUT2D eigenvalue weighted by Gasteiger charge is 2.42. The molecule has 0 bridgehead atoms. The van der Waals surface area contributed by atoms with E-state index < -0.39 is 0 Å². The lowest BCUT2D eigenvalue weighted by molar-refractivity contribution is 0.000199. The molecule has 1 spiro atoms. The Morgan fingerprint density at radius 3 is 2.87 bits per heavy atom. The van der Waals surface area contributed by atoms with Crippen molar-refractivity contribution in [1.29, 1.82) is 0 Å². The minimum atomic E-state index is 0.0458. The van der Waals surface area contributed by atoms with Gasteiger partial charge in [0.1, 0.15) is 11.4 Å². The summed E-state index contributed by atoms with van der Waals surface area (Å²) in [5.41, 5.74) is 1.08. The first kappa shape index (κ1) is 9.79. The highest BCUT2D eigenvalue weighted by atomic mass is 79.9. The van der Waals surface area contributed by atoms with Crippen molar-refractivity contribution in [3.63, 3.8) is 0 Å². The van der Waals surface area contributed by atoms with Gasteiger partial charge in [-0.3, -0.25) is 0 Å². The van der Waals surface area contributed by atoms with Crippen molar-refractivity contribution in [2.45, 2.75) is 24.9 Å². The Morgan fingerprint density at radius 1 is 1.40 bits per heavy atom. The molecule has 0 radical (unpaired) electrons.